The van der Waals surface area contributed by atoms with Crippen molar-refractivity contribution in [2.45, 2.75) is 26.2 Å². The average Bonchev–Trinajstić information content (AvgIpc) is 2.48. The highest BCUT2D eigenvalue weighted by atomic mass is 16.5. The van der Waals surface area contributed by atoms with Gasteiger partial charge in [-0.05, 0) is 26.3 Å². The molecule has 1 aliphatic heterocycles. The lowest BCUT2D eigenvalue weighted by Gasteiger charge is -2.28. The molecule has 1 aromatic carbocycles. The van der Waals surface area contributed by atoms with Crippen LogP contribution in [0, 0.1) is 6.92 Å². The summed E-state index contributed by atoms with van der Waals surface area (Å²) in [6.07, 6.45) is 0. The minimum absolute atomic E-state index is 0.0830. The van der Waals surface area contributed by atoms with E-state index in [9.17, 15) is 4.79 Å². The van der Waals surface area contributed by atoms with E-state index in [0.29, 0.717) is 6.54 Å². The molecular weight excluding hydrogens is 264 g/mol. The fourth-order valence-corrected chi connectivity index (χ4v) is 2.47. The molecule has 1 fully saturated rings. The molecule has 1 N–H and O–H groups in total. The topological polar surface area (TPSA) is 41.6 Å². The molecule has 0 radical (unpaired) electrons. The lowest BCUT2D eigenvalue weighted by Crippen LogP contribution is -2.45. The summed E-state index contributed by atoms with van der Waals surface area (Å²) in [6, 6.07) is 8.18. The molecule has 1 aliphatic rings. The molecule has 4 heteroatoms. The van der Waals surface area contributed by atoms with Crippen molar-refractivity contribution >= 4 is 5.91 Å². The van der Waals surface area contributed by atoms with Gasteiger partial charge in [-0.1, -0.05) is 29.8 Å². The summed E-state index contributed by atoms with van der Waals surface area (Å²) in [7, 11) is 0. The van der Waals surface area contributed by atoms with Crippen molar-refractivity contribution in [1.82, 2.24) is 10.2 Å². The van der Waals surface area contributed by atoms with E-state index < -0.39 is 5.41 Å². The predicted molar refractivity (Wildman–Crippen MR) is 84.5 cm³/mol. The van der Waals surface area contributed by atoms with Crippen molar-refractivity contribution in [3.8, 4) is 0 Å². The Balaban J connectivity index is 1.84. The highest BCUT2D eigenvalue weighted by Crippen LogP contribution is 2.23. The SMILES string of the molecule is Cc1ccc(C(C)(C)C(=O)NCCN2CCOCC2)cc1. The molecule has 1 amide bonds. The zero-order chi connectivity index (χ0) is 15.3. The summed E-state index contributed by atoms with van der Waals surface area (Å²) in [4.78, 5) is 14.8. The summed E-state index contributed by atoms with van der Waals surface area (Å²) in [5.41, 5.74) is 1.76. The first-order valence-electron chi connectivity index (χ1n) is 7.66. The van der Waals surface area contributed by atoms with Crippen LogP contribution in [0.15, 0.2) is 24.3 Å². The molecule has 116 valence electrons. The minimum Gasteiger partial charge on any atom is -0.379 e. The Bertz CT molecular complexity index is 462. The van der Waals surface area contributed by atoms with Gasteiger partial charge in [0.1, 0.15) is 0 Å². The van der Waals surface area contributed by atoms with Crippen molar-refractivity contribution in [3.05, 3.63) is 35.4 Å². The van der Waals surface area contributed by atoms with Gasteiger partial charge >= 0.3 is 0 Å². The molecule has 0 aromatic heterocycles. The first-order valence-corrected chi connectivity index (χ1v) is 7.66. The van der Waals surface area contributed by atoms with Crippen molar-refractivity contribution in [3.63, 3.8) is 0 Å². The van der Waals surface area contributed by atoms with Crippen molar-refractivity contribution < 1.29 is 9.53 Å². The predicted octanol–water partition coefficient (Wildman–Crippen LogP) is 1.72. The maximum Gasteiger partial charge on any atom is 0.230 e. The van der Waals surface area contributed by atoms with Gasteiger partial charge in [-0.25, -0.2) is 0 Å². The number of amides is 1. The van der Waals surface area contributed by atoms with Crippen LogP contribution in [0.3, 0.4) is 0 Å². The largest absolute Gasteiger partial charge is 0.379 e. The maximum atomic E-state index is 12.4. The minimum atomic E-state index is -0.501. The van der Waals surface area contributed by atoms with E-state index in [1.54, 1.807) is 0 Å². The van der Waals surface area contributed by atoms with Crippen molar-refractivity contribution in [2.75, 3.05) is 39.4 Å². The van der Waals surface area contributed by atoms with Crippen LogP contribution in [0.5, 0.6) is 0 Å². The second-order valence-corrected chi connectivity index (χ2v) is 6.20. The zero-order valence-electron chi connectivity index (χ0n) is 13.3. The second-order valence-electron chi connectivity index (χ2n) is 6.20. The highest BCUT2D eigenvalue weighted by Gasteiger charge is 2.29. The summed E-state index contributed by atoms with van der Waals surface area (Å²) in [5.74, 6) is 0.0830. The van der Waals surface area contributed by atoms with Gasteiger partial charge in [-0.3, -0.25) is 9.69 Å². The number of nitrogens with zero attached hydrogens (tertiary/aromatic N) is 1. The number of nitrogens with one attached hydrogen (secondary N) is 1. The fraction of sp³-hybridized carbons (Fsp3) is 0.588. The zero-order valence-corrected chi connectivity index (χ0v) is 13.3. The lowest BCUT2D eigenvalue weighted by molar-refractivity contribution is -0.125. The molecule has 0 atom stereocenters. The summed E-state index contributed by atoms with van der Waals surface area (Å²) >= 11 is 0. The van der Waals surface area contributed by atoms with E-state index in [4.69, 9.17) is 4.74 Å². The van der Waals surface area contributed by atoms with Gasteiger partial charge in [0.05, 0.1) is 18.6 Å². The van der Waals surface area contributed by atoms with Crippen LogP contribution < -0.4 is 5.32 Å². The number of hydrogen-bond acceptors (Lipinski definition) is 3. The Kier molecular flexibility index (Phi) is 5.37. The van der Waals surface area contributed by atoms with E-state index in [2.05, 4.69) is 29.3 Å². The molecular formula is C17H26N2O2. The van der Waals surface area contributed by atoms with Gasteiger partial charge in [0.2, 0.25) is 5.91 Å². The van der Waals surface area contributed by atoms with Crippen LogP contribution in [0.1, 0.15) is 25.0 Å². The van der Waals surface area contributed by atoms with Crippen LogP contribution in [-0.2, 0) is 14.9 Å². The number of hydrogen-bond donors (Lipinski definition) is 1. The standard InChI is InChI=1S/C17H26N2O2/c1-14-4-6-15(7-5-14)17(2,3)16(20)18-8-9-19-10-12-21-13-11-19/h4-7H,8-13H2,1-3H3,(H,18,20). The molecule has 1 heterocycles. The molecule has 4 nitrogen and oxygen atoms in total. The van der Waals surface area contributed by atoms with E-state index in [-0.39, 0.29) is 5.91 Å². The highest BCUT2D eigenvalue weighted by molar-refractivity contribution is 5.87. The summed E-state index contributed by atoms with van der Waals surface area (Å²) in [5, 5.41) is 3.06. The number of ether oxygens (including phenoxy) is 1. The Morgan fingerprint density at radius 1 is 1.24 bits per heavy atom. The Morgan fingerprint density at radius 3 is 2.48 bits per heavy atom. The molecule has 0 aliphatic carbocycles. The number of morpholine rings is 1. The lowest BCUT2D eigenvalue weighted by atomic mass is 9.83. The number of aryl methyl sites for hydroxylation is 1. The Morgan fingerprint density at radius 2 is 1.86 bits per heavy atom. The molecule has 1 aromatic rings. The third-order valence-corrected chi connectivity index (χ3v) is 4.16. The molecule has 0 spiro atoms. The first-order chi connectivity index (χ1) is 10.00. The number of rotatable bonds is 5. The van der Waals surface area contributed by atoms with Crippen molar-refractivity contribution in [2.24, 2.45) is 0 Å². The molecule has 2 rings (SSSR count). The first kappa shape index (κ1) is 16.0. The molecule has 0 saturated carbocycles. The van der Waals surface area contributed by atoms with Gasteiger partial charge in [0.25, 0.3) is 0 Å². The second kappa shape index (κ2) is 7.05. The number of benzene rings is 1. The molecule has 0 unspecified atom stereocenters. The third kappa shape index (κ3) is 4.29. The molecule has 0 bridgehead atoms. The smallest absolute Gasteiger partial charge is 0.230 e. The van der Waals surface area contributed by atoms with E-state index in [0.717, 1.165) is 38.4 Å². The van der Waals surface area contributed by atoms with Crippen molar-refractivity contribution in [1.29, 1.82) is 0 Å². The van der Waals surface area contributed by atoms with E-state index in [1.807, 2.05) is 26.0 Å². The van der Waals surface area contributed by atoms with Gasteiger partial charge in [0, 0.05) is 26.2 Å². The Hall–Kier alpha value is -1.39. The third-order valence-electron chi connectivity index (χ3n) is 4.16. The van der Waals surface area contributed by atoms with E-state index >= 15 is 0 Å². The monoisotopic (exact) mass is 290 g/mol. The van der Waals surface area contributed by atoms with Gasteiger partial charge < -0.3 is 10.1 Å². The number of carbonyl (C=O) groups is 1. The molecule has 21 heavy (non-hydrogen) atoms. The van der Waals surface area contributed by atoms with E-state index in [1.165, 1.54) is 5.56 Å². The van der Waals surface area contributed by atoms with Gasteiger partial charge in [-0.15, -0.1) is 0 Å². The van der Waals surface area contributed by atoms with Gasteiger partial charge in [0.15, 0.2) is 0 Å². The number of carbonyl (C=O) groups excluding carboxylic acids is 1. The van der Waals surface area contributed by atoms with Crippen LogP contribution in [0.2, 0.25) is 0 Å². The Labute approximate surface area is 127 Å². The quantitative estimate of drug-likeness (QED) is 0.898. The summed E-state index contributed by atoms with van der Waals surface area (Å²) in [6.45, 7) is 11.1. The van der Waals surface area contributed by atoms with Crippen LogP contribution in [0.25, 0.3) is 0 Å². The fourth-order valence-electron chi connectivity index (χ4n) is 2.47. The van der Waals surface area contributed by atoms with Crippen LogP contribution in [0.4, 0.5) is 0 Å². The van der Waals surface area contributed by atoms with Crippen LogP contribution in [-0.4, -0.2) is 50.2 Å². The normalized spacial score (nSPS) is 16.7. The maximum absolute atomic E-state index is 12.4. The summed E-state index contributed by atoms with van der Waals surface area (Å²) < 4.78 is 5.32. The average molecular weight is 290 g/mol. The molecule has 1 saturated heterocycles. The van der Waals surface area contributed by atoms with Gasteiger partial charge in [-0.2, -0.15) is 0 Å². The van der Waals surface area contributed by atoms with Crippen LogP contribution >= 0.6 is 0 Å².